The van der Waals surface area contributed by atoms with E-state index in [4.69, 9.17) is 4.74 Å². The molecule has 0 aliphatic heterocycles. The number of thiazole rings is 1. The molecule has 1 N–H and O–H groups in total. The number of carbonyl (C=O) groups is 2. The molecule has 1 atom stereocenters. The molecule has 1 aliphatic rings. The molecule has 7 heteroatoms. The van der Waals surface area contributed by atoms with E-state index in [-0.39, 0.29) is 18.6 Å². The molecule has 0 saturated heterocycles. The van der Waals surface area contributed by atoms with E-state index < -0.39 is 5.97 Å². The summed E-state index contributed by atoms with van der Waals surface area (Å²) in [6.07, 6.45) is 2.32. The number of amides is 1. The summed E-state index contributed by atoms with van der Waals surface area (Å²) in [6.45, 7) is 3.70. The Kier molecular flexibility index (Phi) is 6.32. The molecule has 1 aromatic heterocycles. The SMILES string of the molecule is Cc1csc(SCc2ccccc2C(=O)OCC(=O)N[C@H](C)C2CC2)n1. The largest absolute Gasteiger partial charge is 0.452 e. The van der Waals surface area contributed by atoms with Crippen molar-refractivity contribution < 1.29 is 14.3 Å². The minimum absolute atomic E-state index is 0.145. The van der Waals surface area contributed by atoms with E-state index in [1.165, 1.54) is 0 Å². The number of benzene rings is 1. The Balaban J connectivity index is 1.54. The number of thioether (sulfide) groups is 1. The smallest absolute Gasteiger partial charge is 0.338 e. The number of rotatable bonds is 8. The van der Waals surface area contributed by atoms with E-state index in [1.54, 1.807) is 35.2 Å². The van der Waals surface area contributed by atoms with Crippen LogP contribution in [0.1, 0.15) is 41.4 Å². The number of nitrogens with zero attached hydrogens (tertiary/aromatic N) is 1. The molecule has 2 aromatic rings. The second kappa shape index (κ2) is 8.68. The first-order valence-corrected chi connectivity index (χ1v) is 10.5. The predicted octanol–water partition coefficient (Wildman–Crippen LogP) is 3.82. The fraction of sp³-hybridized carbons (Fsp3) is 0.421. The molecule has 1 saturated carbocycles. The highest BCUT2D eigenvalue weighted by molar-refractivity contribution is 8.00. The molecule has 26 heavy (non-hydrogen) atoms. The van der Waals surface area contributed by atoms with Crippen molar-refractivity contribution in [2.75, 3.05) is 6.61 Å². The number of hydrogen-bond acceptors (Lipinski definition) is 6. The summed E-state index contributed by atoms with van der Waals surface area (Å²) < 4.78 is 6.19. The van der Waals surface area contributed by atoms with Gasteiger partial charge >= 0.3 is 5.97 Å². The lowest BCUT2D eigenvalue weighted by Gasteiger charge is -2.13. The second-order valence-electron chi connectivity index (χ2n) is 6.47. The highest BCUT2D eigenvalue weighted by Gasteiger charge is 2.29. The maximum absolute atomic E-state index is 12.4. The van der Waals surface area contributed by atoms with E-state index in [1.807, 2.05) is 31.4 Å². The Bertz CT molecular complexity index is 787. The highest BCUT2D eigenvalue weighted by Crippen LogP contribution is 2.32. The minimum atomic E-state index is -0.467. The number of carbonyl (C=O) groups excluding carboxylic acids is 2. The van der Waals surface area contributed by atoms with E-state index in [2.05, 4.69) is 10.3 Å². The van der Waals surface area contributed by atoms with Gasteiger partial charge < -0.3 is 10.1 Å². The van der Waals surface area contributed by atoms with Gasteiger partial charge in [-0.3, -0.25) is 4.79 Å². The zero-order chi connectivity index (χ0) is 18.5. The van der Waals surface area contributed by atoms with Gasteiger partial charge in [0.25, 0.3) is 5.91 Å². The highest BCUT2D eigenvalue weighted by atomic mass is 32.2. The molecular weight excluding hydrogens is 368 g/mol. The van der Waals surface area contributed by atoms with Gasteiger partial charge in [-0.25, -0.2) is 9.78 Å². The van der Waals surface area contributed by atoms with Crippen LogP contribution in [0.15, 0.2) is 34.0 Å². The van der Waals surface area contributed by atoms with Crippen molar-refractivity contribution in [3.63, 3.8) is 0 Å². The molecular formula is C19H22N2O3S2. The maximum Gasteiger partial charge on any atom is 0.338 e. The standard InChI is InChI=1S/C19H22N2O3S2/c1-12-10-25-19(20-12)26-11-15-5-3-4-6-16(15)18(23)24-9-17(22)21-13(2)14-7-8-14/h3-6,10,13-14H,7-9,11H2,1-2H3,(H,21,22)/t13-/m1/s1. The maximum atomic E-state index is 12.4. The Labute approximate surface area is 161 Å². The summed E-state index contributed by atoms with van der Waals surface area (Å²) in [6, 6.07) is 7.47. The van der Waals surface area contributed by atoms with Crippen LogP contribution in [0.2, 0.25) is 0 Å². The summed E-state index contributed by atoms with van der Waals surface area (Å²) in [5.74, 6) is 0.485. The van der Waals surface area contributed by atoms with Crippen molar-refractivity contribution in [2.24, 2.45) is 5.92 Å². The third kappa shape index (κ3) is 5.32. The van der Waals surface area contributed by atoms with Crippen LogP contribution in [0.4, 0.5) is 0 Å². The number of nitrogens with one attached hydrogen (secondary N) is 1. The first kappa shape index (κ1) is 18.9. The van der Waals surface area contributed by atoms with Crippen LogP contribution in [0.3, 0.4) is 0 Å². The Morgan fingerprint density at radius 1 is 1.38 bits per heavy atom. The van der Waals surface area contributed by atoms with Crippen molar-refractivity contribution >= 4 is 35.0 Å². The van der Waals surface area contributed by atoms with Crippen molar-refractivity contribution in [1.29, 1.82) is 0 Å². The van der Waals surface area contributed by atoms with Gasteiger partial charge in [0.05, 0.1) is 5.56 Å². The molecule has 0 radical (unpaired) electrons. The summed E-state index contributed by atoms with van der Waals surface area (Å²) in [5.41, 5.74) is 2.37. The third-order valence-electron chi connectivity index (χ3n) is 4.24. The van der Waals surface area contributed by atoms with Crippen molar-refractivity contribution in [3.8, 4) is 0 Å². The predicted molar refractivity (Wildman–Crippen MR) is 103 cm³/mol. The minimum Gasteiger partial charge on any atom is -0.452 e. The second-order valence-corrected chi connectivity index (χ2v) is 8.55. The monoisotopic (exact) mass is 390 g/mol. The summed E-state index contributed by atoms with van der Waals surface area (Å²) in [5, 5.41) is 4.89. The molecule has 1 fully saturated rings. The topological polar surface area (TPSA) is 68.3 Å². The zero-order valence-corrected chi connectivity index (χ0v) is 16.5. The van der Waals surface area contributed by atoms with Crippen LogP contribution in [-0.2, 0) is 15.3 Å². The van der Waals surface area contributed by atoms with Gasteiger partial charge in [0.15, 0.2) is 6.61 Å². The Morgan fingerprint density at radius 2 is 2.15 bits per heavy atom. The van der Waals surface area contributed by atoms with Gasteiger partial charge in [-0.2, -0.15) is 0 Å². The van der Waals surface area contributed by atoms with E-state index in [0.29, 0.717) is 17.2 Å². The number of hydrogen-bond donors (Lipinski definition) is 1. The number of esters is 1. The van der Waals surface area contributed by atoms with Gasteiger partial charge in [-0.05, 0) is 44.2 Å². The Morgan fingerprint density at radius 3 is 2.85 bits per heavy atom. The molecule has 1 heterocycles. The third-order valence-corrected chi connectivity index (χ3v) is 6.43. The van der Waals surface area contributed by atoms with Gasteiger partial charge in [-0.15, -0.1) is 11.3 Å². The van der Waals surface area contributed by atoms with Crippen LogP contribution in [-0.4, -0.2) is 29.5 Å². The first-order valence-electron chi connectivity index (χ1n) is 8.62. The normalized spacial score (nSPS) is 14.7. The van der Waals surface area contributed by atoms with Gasteiger partial charge in [0.1, 0.15) is 4.34 Å². The molecule has 0 spiro atoms. The fourth-order valence-electron chi connectivity index (χ4n) is 2.60. The van der Waals surface area contributed by atoms with Crippen LogP contribution >= 0.6 is 23.1 Å². The van der Waals surface area contributed by atoms with Crippen molar-refractivity contribution in [3.05, 3.63) is 46.5 Å². The number of aromatic nitrogens is 1. The van der Waals surface area contributed by atoms with Crippen LogP contribution in [0.25, 0.3) is 0 Å². The number of aryl methyl sites for hydroxylation is 1. The quantitative estimate of drug-likeness (QED) is 0.548. The molecule has 0 unspecified atom stereocenters. The molecule has 0 bridgehead atoms. The van der Waals surface area contributed by atoms with Gasteiger partial charge in [0, 0.05) is 22.9 Å². The average molecular weight is 391 g/mol. The first-order chi connectivity index (χ1) is 12.5. The van der Waals surface area contributed by atoms with Gasteiger partial charge in [-0.1, -0.05) is 30.0 Å². The summed E-state index contributed by atoms with van der Waals surface area (Å²) in [4.78, 5) is 28.7. The van der Waals surface area contributed by atoms with Crippen LogP contribution < -0.4 is 5.32 Å². The summed E-state index contributed by atoms with van der Waals surface area (Å²) >= 11 is 3.18. The zero-order valence-electron chi connectivity index (χ0n) is 14.9. The van der Waals surface area contributed by atoms with Gasteiger partial charge in [0.2, 0.25) is 0 Å². The molecule has 1 aromatic carbocycles. The van der Waals surface area contributed by atoms with E-state index in [9.17, 15) is 9.59 Å². The van der Waals surface area contributed by atoms with E-state index in [0.717, 1.165) is 28.4 Å². The lowest BCUT2D eigenvalue weighted by atomic mass is 10.1. The number of ether oxygens (including phenoxy) is 1. The fourth-order valence-corrected chi connectivity index (χ4v) is 4.46. The average Bonchev–Trinajstić information content (AvgIpc) is 3.40. The van der Waals surface area contributed by atoms with E-state index >= 15 is 0 Å². The molecule has 1 aliphatic carbocycles. The van der Waals surface area contributed by atoms with Crippen LogP contribution in [0.5, 0.6) is 0 Å². The Hall–Kier alpha value is -1.86. The van der Waals surface area contributed by atoms with Crippen molar-refractivity contribution in [1.82, 2.24) is 10.3 Å². The lowest BCUT2D eigenvalue weighted by molar-refractivity contribution is -0.124. The lowest BCUT2D eigenvalue weighted by Crippen LogP contribution is -2.37. The van der Waals surface area contributed by atoms with Crippen molar-refractivity contribution in [2.45, 2.75) is 42.8 Å². The molecule has 5 nitrogen and oxygen atoms in total. The molecule has 3 rings (SSSR count). The summed E-state index contributed by atoms with van der Waals surface area (Å²) in [7, 11) is 0. The molecule has 1 amide bonds. The molecule has 138 valence electrons. The van der Waals surface area contributed by atoms with Crippen LogP contribution in [0, 0.1) is 12.8 Å².